The van der Waals surface area contributed by atoms with E-state index in [-0.39, 0.29) is 31.2 Å². The molecule has 0 aromatic carbocycles. The highest BCUT2D eigenvalue weighted by atomic mass is 17.0. The third-order valence-electron chi connectivity index (χ3n) is 5.15. The van der Waals surface area contributed by atoms with Crippen molar-refractivity contribution in [2.45, 2.75) is 66.4 Å². The molecule has 1 aliphatic carbocycles. The summed E-state index contributed by atoms with van der Waals surface area (Å²) in [7, 11) is 0. The van der Waals surface area contributed by atoms with Crippen LogP contribution in [0.3, 0.4) is 0 Å². The number of allylic oxidation sites excluding steroid dienone is 4. The Morgan fingerprint density at radius 3 is 2.27 bits per heavy atom. The van der Waals surface area contributed by atoms with Gasteiger partial charge < -0.3 is 14.4 Å². The van der Waals surface area contributed by atoms with Gasteiger partial charge in [-0.1, -0.05) is 13.8 Å². The van der Waals surface area contributed by atoms with Crippen LogP contribution in [0.15, 0.2) is 22.3 Å². The highest BCUT2D eigenvalue weighted by Crippen LogP contribution is 2.39. The maximum atomic E-state index is 12.7. The molecule has 0 aromatic heterocycles. The van der Waals surface area contributed by atoms with Gasteiger partial charge in [0.1, 0.15) is 6.10 Å². The fourth-order valence-corrected chi connectivity index (χ4v) is 3.46. The summed E-state index contributed by atoms with van der Waals surface area (Å²) in [5.41, 5.74) is 0.668. The molecule has 1 atom stereocenters. The number of hydrogen-bond donors (Lipinski definition) is 1. The molecule has 0 fully saturated rings. The number of nitrogens with two attached hydrogens (primary N) is 1. The summed E-state index contributed by atoms with van der Waals surface area (Å²) >= 11 is 0. The number of ether oxygens (including phenoxy) is 1. The zero-order valence-electron chi connectivity index (χ0n) is 18.1. The molecule has 30 heavy (non-hydrogen) atoms. The highest BCUT2D eigenvalue weighted by molar-refractivity contribution is 6.25. The van der Waals surface area contributed by atoms with Crippen molar-refractivity contribution in [3.63, 3.8) is 0 Å². The van der Waals surface area contributed by atoms with Crippen molar-refractivity contribution < 1.29 is 33.9 Å². The molecule has 10 heteroatoms. The number of esters is 1. The van der Waals surface area contributed by atoms with Crippen molar-refractivity contribution in [1.82, 2.24) is 0 Å². The van der Waals surface area contributed by atoms with E-state index in [9.17, 15) is 24.5 Å². The van der Waals surface area contributed by atoms with Crippen LogP contribution in [0.5, 0.6) is 0 Å². The largest absolute Gasteiger partial charge is 0.466 e. The van der Waals surface area contributed by atoms with Gasteiger partial charge in [0.05, 0.1) is 19.6 Å². The summed E-state index contributed by atoms with van der Waals surface area (Å²) in [6.45, 7) is 8.31. The lowest BCUT2D eigenvalue weighted by molar-refractivity contribution is -0.769. The Labute approximate surface area is 175 Å². The van der Waals surface area contributed by atoms with Gasteiger partial charge in [-0.3, -0.25) is 14.4 Å². The molecule has 0 saturated carbocycles. The Kier molecular flexibility index (Phi) is 9.31. The van der Waals surface area contributed by atoms with Crippen LogP contribution in [0.1, 0.15) is 60.3 Å². The smallest absolute Gasteiger partial charge is 0.306 e. The normalized spacial score (nSPS) is 16.1. The van der Waals surface area contributed by atoms with Crippen LogP contribution in [0.25, 0.3) is 0 Å². The fourth-order valence-electron chi connectivity index (χ4n) is 3.46. The van der Waals surface area contributed by atoms with Gasteiger partial charge in [-0.25, -0.2) is 5.90 Å². The van der Waals surface area contributed by atoms with Crippen LogP contribution >= 0.6 is 0 Å². The zero-order chi connectivity index (χ0) is 23.1. The van der Waals surface area contributed by atoms with E-state index in [1.54, 1.807) is 34.6 Å². The molecular formula is C20H30N2O8. The van der Waals surface area contributed by atoms with E-state index < -0.39 is 22.6 Å². The Hall–Kier alpha value is -2.59. The van der Waals surface area contributed by atoms with Crippen molar-refractivity contribution in [3.8, 4) is 0 Å². The van der Waals surface area contributed by atoms with Gasteiger partial charge in [0.25, 0.3) is 5.09 Å². The molecule has 0 aromatic rings. The number of carbonyl (C=O) groups is 3. The molecular weight excluding hydrogens is 396 g/mol. The first-order valence-corrected chi connectivity index (χ1v) is 9.69. The van der Waals surface area contributed by atoms with Gasteiger partial charge in [0, 0.05) is 27.7 Å². The molecule has 1 rings (SSSR count). The topological polar surface area (TPSA) is 148 Å². The molecule has 1 unspecified atom stereocenters. The second kappa shape index (κ2) is 11.0. The lowest BCUT2D eigenvalue weighted by Crippen LogP contribution is -2.32. The van der Waals surface area contributed by atoms with Crippen LogP contribution in [0.2, 0.25) is 0 Å². The van der Waals surface area contributed by atoms with Gasteiger partial charge >= 0.3 is 5.97 Å². The summed E-state index contributed by atoms with van der Waals surface area (Å²) in [6.07, 6.45) is 0.436. The van der Waals surface area contributed by atoms with Crippen LogP contribution in [-0.2, 0) is 28.8 Å². The lowest BCUT2D eigenvalue weighted by atomic mass is 9.71. The van der Waals surface area contributed by atoms with Gasteiger partial charge in [-0.2, -0.15) is 0 Å². The number of hydrogen-bond acceptors (Lipinski definition) is 9. The molecule has 0 bridgehead atoms. The van der Waals surface area contributed by atoms with Gasteiger partial charge in [-0.15, -0.1) is 10.1 Å². The molecule has 0 saturated heterocycles. The molecule has 0 heterocycles. The SMILES string of the molecule is CC1=C(C)C(=O)C(C(C)(C)CC(=O)OCCCCC(CON)O[N+](=O)[O-])=C(C)C1=O. The Balaban J connectivity index is 2.57. The predicted molar refractivity (Wildman–Crippen MR) is 106 cm³/mol. The Morgan fingerprint density at radius 2 is 1.70 bits per heavy atom. The number of carbonyl (C=O) groups excluding carboxylic acids is 3. The van der Waals surface area contributed by atoms with Gasteiger partial charge in [-0.05, 0) is 40.0 Å². The van der Waals surface area contributed by atoms with E-state index in [2.05, 4.69) is 9.68 Å². The van der Waals surface area contributed by atoms with Crippen molar-refractivity contribution in [2.24, 2.45) is 11.3 Å². The minimum atomic E-state index is -0.905. The van der Waals surface area contributed by atoms with Crippen molar-refractivity contribution in [2.75, 3.05) is 13.2 Å². The Bertz CT molecular complexity index is 767. The lowest BCUT2D eigenvalue weighted by Gasteiger charge is -2.31. The third kappa shape index (κ3) is 6.74. The number of unbranched alkanes of at least 4 members (excludes halogenated alkanes) is 1. The van der Waals surface area contributed by atoms with Crippen LogP contribution < -0.4 is 5.90 Å². The standard InChI is InChI=1S/C20H30N2O8/c1-12-13(2)19(25)17(14(3)18(12)24)20(4,5)10-16(23)28-9-7-6-8-15(11-29-21)30-22(26)27/h15H,6-11,21H2,1-5H3. The molecule has 1 aliphatic rings. The van der Waals surface area contributed by atoms with E-state index in [1.165, 1.54) is 0 Å². The van der Waals surface area contributed by atoms with Crippen molar-refractivity contribution >= 4 is 17.5 Å². The molecule has 10 nitrogen and oxygen atoms in total. The average Bonchev–Trinajstić information content (AvgIpc) is 2.63. The van der Waals surface area contributed by atoms with Gasteiger partial charge in [0.2, 0.25) is 0 Å². The zero-order valence-corrected chi connectivity index (χ0v) is 18.1. The van der Waals surface area contributed by atoms with E-state index in [1.807, 2.05) is 0 Å². The van der Waals surface area contributed by atoms with Crippen LogP contribution in [0, 0.1) is 15.5 Å². The molecule has 168 valence electrons. The first-order chi connectivity index (χ1) is 13.9. The quantitative estimate of drug-likeness (QED) is 0.163. The van der Waals surface area contributed by atoms with E-state index in [0.717, 1.165) is 0 Å². The second-order valence-corrected chi connectivity index (χ2v) is 7.97. The average molecular weight is 426 g/mol. The maximum absolute atomic E-state index is 12.7. The minimum absolute atomic E-state index is 0.0565. The van der Waals surface area contributed by atoms with E-state index >= 15 is 0 Å². The van der Waals surface area contributed by atoms with Gasteiger partial charge in [0.15, 0.2) is 11.6 Å². The summed E-state index contributed by atoms with van der Waals surface area (Å²) in [6, 6.07) is 0. The molecule has 0 aliphatic heterocycles. The van der Waals surface area contributed by atoms with Crippen LogP contribution in [-0.4, -0.2) is 41.9 Å². The summed E-state index contributed by atoms with van der Waals surface area (Å²) < 4.78 is 5.24. The second-order valence-electron chi connectivity index (χ2n) is 7.97. The molecule has 2 N–H and O–H groups in total. The maximum Gasteiger partial charge on any atom is 0.306 e. The Morgan fingerprint density at radius 1 is 1.10 bits per heavy atom. The van der Waals surface area contributed by atoms with Crippen molar-refractivity contribution in [3.05, 3.63) is 32.4 Å². The number of nitrogens with zero attached hydrogens (tertiary/aromatic N) is 1. The monoisotopic (exact) mass is 426 g/mol. The molecule has 0 spiro atoms. The predicted octanol–water partition coefficient (Wildman–Crippen LogP) is 2.39. The van der Waals surface area contributed by atoms with Crippen LogP contribution in [0.4, 0.5) is 0 Å². The number of Topliss-reactive ketones (excluding diaryl/α,β-unsaturated/α-hetero) is 2. The number of rotatable bonds is 12. The number of ketones is 2. The minimum Gasteiger partial charge on any atom is -0.466 e. The third-order valence-corrected chi connectivity index (χ3v) is 5.15. The van der Waals surface area contributed by atoms with E-state index in [0.29, 0.717) is 41.6 Å². The first-order valence-electron chi connectivity index (χ1n) is 9.69. The summed E-state index contributed by atoms with van der Waals surface area (Å²) in [4.78, 5) is 56.6. The fraction of sp³-hybridized carbons (Fsp3) is 0.650. The van der Waals surface area contributed by atoms with Crippen molar-refractivity contribution in [1.29, 1.82) is 0 Å². The molecule has 0 amide bonds. The molecule has 0 radical (unpaired) electrons. The summed E-state index contributed by atoms with van der Waals surface area (Å²) in [5.74, 6) is 4.02. The first kappa shape index (κ1) is 25.4. The van der Waals surface area contributed by atoms with E-state index in [4.69, 9.17) is 10.6 Å². The summed E-state index contributed by atoms with van der Waals surface area (Å²) in [5, 5.41) is 9.49. The highest BCUT2D eigenvalue weighted by Gasteiger charge is 2.38.